The topological polar surface area (TPSA) is 36.0 Å². The number of piperazine rings is 1. The molecule has 1 aliphatic rings. The second-order valence-electron chi connectivity index (χ2n) is 6.35. The molecule has 1 aromatic rings. The van der Waals surface area contributed by atoms with E-state index < -0.39 is 0 Å². The number of carbonyl (C=O) groups excluding carboxylic acids is 1. The highest BCUT2D eigenvalue weighted by molar-refractivity contribution is 5.78. The predicted octanol–water partition coefficient (Wildman–Crippen LogP) is 1.30. The summed E-state index contributed by atoms with van der Waals surface area (Å²) in [6.45, 7) is 8.01. The normalized spacial score (nSPS) is 19.7. The van der Waals surface area contributed by atoms with Gasteiger partial charge in [0, 0.05) is 52.9 Å². The molecular formula is C18H29N3O2. The first kappa shape index (κ1) is 17.9. The maximum atomic E-state index is 12.4. The monoisotopic (exact) mass is 319 g/mol. The Bertz CT molecular complexity index is 480. The van der Waals surface area contributed by atoms with Gasteiger partial charge >= 0.3 is 0 Å². The fourth-order valence-corrected chi connectivity index (χ4v) is 3.01. The first-order valence-corrected chi connectivity index (χ1v) is 8.33. The van der Waals surface area contributed by atoms with Crippen molar-refractivity contribution in [2.24, 2.45) is 0 Å². The summed E-state index contributed by atoms with van der Waals surface area (Å²) in [6.07, 6.45) is 0. The van der Waals surface area contributed by atoms with Crippen LogP contribution in [0.2, 0.25) is 0 Å². The van der Waals surface area contributed by atoms with Gasteiger partial charge in [0.1, 0.15) is 0 Å². The van der Waals surface area contributed by atoms with E-state index in [4.69, 9.17) is 4.74 Å². The van der Waals surface area contributed by atoms with Crippen molar-refractivity contribution in [2.75, 3.05) is 53.5 Å². The Balaban J connectivity index is 1.77. The molecule has 0 N–H and O–H groups in total. The largest absolute Gasteiger partial charge is 0.383 e. The van der Waals surface area contributed by atoms with Crippen molar-refractivity contribution >= 4 is 5.91 Å². The van der Waals surface area contributed by atoms with E-state index >= 15 is 0 Å². The molecule has 0 unspecified atom stereocenters. The van der Waals surface area contributed by atoms with Gasteiger partial charge in [-0.1, -0.05) is 30.3 Å². The Kier molecular flexibility index (Phi) is 7.02. The molecule has 1 atom stereocenters. The average molecular weight is 319 g/mol. The number of nitrogens with zero attached hydrogens (tertiary/aromatic N) is 3. The van der Waals surface area contributed by atoms with Gasteiger partial charge in [-0.15, -0.1) is 0 Å². The number of hydrogen-bond donors (Lipinski definition) is 0. The molecule has 0 radical (unpaired) electrons. The van der Waals surface area contributed by atoms with Crippen LogP contribution >= 0.6 is 0 Å². The molecule has 23 heavy (non-hydrogen) atoms. The Morgan fingerprint density at radius 2 is 2.04 bits per heavy atom. The second kappa shape index (κ2) is 9.01. The van der Waals surface area contributed by atoms with Crippen LogP contribution in [0.4, 0.5) is 0 Å². The number of carbonyl (C=O) groups is 1. The van der Waals surface area contributed by atoms with Crippen molar-refractivity contribution in [3.63, 3.8) is 0 Å². The molecule has 0 aliphatic carbocycles. The molecule has 0 bridgehead atoms. The lowest BCUT2D eigenvalue weighted by Gasteiger charge is -2.39. The zero-order valence-electron chi connectivity index (χ0n) is 14.6. The van der Waals surface area contributed by atoms with Gasteiger partial charge in [-0.2, -0.15) is 0 Å². The van der Waals surface area contributed by atoms with Crippen molar-refractivity contribution in [1.29, 1.82) is 0 Å². The van der Waals surface area contributed by atoms with Gasteiger partial charge in [-0.05, 0) is 12.5 Å². The summed E-state index contributed by atoms with van der Waals surface area (Å²) >= 11 is 0. The van der Waals surface area contributed by atoms with Crippen LogP contribution in [0.3, 0.4) is 0 Å². The van der Waals surface area contributed by atoms with Crippen LogP contribution in [0.25, 0.3) is 0 Å². The number of amides is 1. The van der Waals surface area contributed by atoms with Crippen molar-refractivity contribution in [3.8, 4) is 0 Å². The van der Waals surface area contributed by atoms with Gasteiger partial charge in [-0.3, -0.25) is 14.6 Å². The number of rotatable bonds is 7. The van der Waals surface area contributed by atoms with Gasteiger partial charge in [0.15, 0.2) is 0 Å². The fourth-order valence-electron chi connectivity index (χ4n) is 3.01. The molecule has 2 rings (SSSR count). The van der Waals surface area contributed by atoms with E-state index in [9.17, 15) is 4.79 Å². The predicted molar refractivity (Wildman–Crippen MR) is 92.3 cm³/mol. The molecular weight excluding hydrogens is 290 g/mol. The SMILES string of the molecule is COCCN1CCN(CC(=O)N(C)Cc2ccccc2)C[C@H]1C. The molecule has 0 spiro atoms. The number of methoxy groups -OCH3 is 1. The zero-order valence-corrected chi connectivity index (χ0v) is 14.6. The van der Waals surface area contributed by atoms with Crippen molar-refractivity contribution < 1.29 is 9.53 Å². The number of hydrogen-bond acceptors (Lipinski definition) is 4. The lowest BCUT2D eigenvalue weighted by molar-refractivity contribution is -0.132. The quantitative estimate of drug-likeness (QED) is 0.759. The molecule has 128 valence electrons. The van der Waals surface area contributed by atoms with Crippen LogP contribution < -0.4 is 0 Å². The first-order valence-electron chi connectivity index (χ1n) is 8.33. The lowest BCUT2D eigenvalue weighted by atomic mass is 10.2. The van der Waals surface area contributed by atoms with E-state index in [1.165, 1.54) is 5.56 Å². The molecule has 1 heterocycles. The summed E-state index contributed by atoms with van der Waals surface area (Å²) in [6, 6.07) is 10.6. The average Bonchev–Trinajstić information content (AvgIpc) is 2.55. The highest BCUT2D eigenvalue weighted by Crippen LogP contribution is 2.10. The molecule has 1 saturated heterocycles. The van der Waals surface area contributed by atoms with Crippen LogP contribution in [-0.2, 0) is 16.1 Å². The highest BCUT2D eigenvalue weighted by atomic mass is 16.5. The van der Waals surface area contributed by atoms with Crippen molar-refractivity contribution in [3.05, 3.63) is 35.9 Å². The summed E-state index contributed by atoms with van der Waals surface area (Å²) in [5.74, 6) is 0.186. The van der Waals surface area contributed by atoms with Crippen LogP contribution in [0.1, 0.15) is 12.5 Å². The Morgan fingerprint density at radius 3 is 2.70 bits per heavy atom. The summed E-state index contributed by atoms with van der Waals surface area (Å²) in [4.78, 5) is 18.9. The Morgan fingerprint density at radius 1 is 1.30 bits per heavy atom. The number of likely N-dealkylation sites (N-methyl/N-ethyl adjacent to an activating group) is 1. The van der Waals surface area contributed by atoms with Crippen LogP contribution in [0.15, 0.2) is 30.3 Å². The minimum atomic E-state index is 0.186. The first-order chi connectivity index (χ1) is 11.1. The Hall–Kier alpha value is -1.43. The van der Waals surface area contributed by atoms with Crippen molar-refractivity contribution in [1.82, 2.24) is 14.7 Å². The molecule has 1 fully saturated rings. The van der Waals surface area contributed by atoms with Gasteiger partial charge in [0.25, 0.3) is 0 Å². The van der Waals surface area contributed by atoms with Crippen molar-refractivity contribution in [2.45, 2.75) is 19.5 Å². The number of benzene rings is 1. The second-order valence-corrected chi connectivity index (χ2v) is 6.35. The maximum Gasteiger partial charge on any atom is 0.236 e. The van der Waals surface area contributed by atoms with Crippen LogP contribution in [0.5, 0.6) is 0 Å². The summed E-state index contributed by atoms with van der Waals surface area (Å²) in [5, 5.41) is 0. The van der Waals surface area contributed by atoms with E-state index in [1.54, 1.807) is 7.11 Å². The molecule has 5 nitrogen and oxygen atoms in total. The van der Waals surface area contributed by atoms with E-state index in [2.05, 4.69) is 28.9 Å². The van der Waals surface area contributed by atoms with E-state index in [-0.39, 0.29) is 5.91 Å². The standard InChI is InChI=1S/C18H29N3O2/c1-16-13-20(9-10-21(16)11-12-23-3)15-18(22)19(2)14-17-7-5-4-6-8-17/h4-8,16H,9-15H2,1-3H3/t16-/m1/s1. The Labute approximate surface area is 139 Å². The van der Waals surface area contributed by atoms with Gasteiger partial charge in [0.2, 0.25) is 5.91 Å². The maximum absolute atomic E-state index is 12.4. The molecule has 1 aliphatic heterocycles. The molecule has 1 aromatic carbocycles. The smallest absolute Gasteiger partial charge is 0.236 e. The van der Waals surface area contributed by atoms with Gasteiger partial charge in [-0.25, -0.2) is 0 Å². The van der Waals surface area contributed by atoms with E-state index in [1.807, 2.05) is 30.1 Å². The van der Waals surface area contributed by atoms with Crippen LogP contribution in [-0.4, -0.2) is 80.1 Å². The number of ether oxygens (including phenoxy) is 1. The lowest BCUT2D eigenvalue weighted by Crippen LogP contribution is -2.54. The highest BCUT2D eigenvalue weighted by Gasteiger charge is 2.25. The van der Waals surface area contributed by atoms with Gasteiger partial charge < -0.3 is 9.64 Å². The van der Waals surface area contributed by atoms with E-state index in [0.29, 0.717) is 19.1 Å². The fraction of sp³-hybridized carbons (Fsp3) is 0.611. The minimum Gasteiger partial charge on any atom is -0.383 e. The molecule has 0 aromatic heterocycles. The molecule has 0 saturated carbocycles. The summed E-state index contributed by atoms with van der Waals surface area (Å²) in [5.41, 5.74) is 1.17. The van der Waals surface area contributed by atoms with Crippen LogP contribution in [0, 0.1) is 0 Å². The zero-order chi connectivity index (χ0) is 16.7. The van der Waals surface area contributed by atoms with E-state index in [0.717, 1.165) is 32.8 Å². The van der Waals surface area contributed by atoms with Gasteiger partial charge in [0.05, 0.1) is 13.2 Å². The summed E-state index contributed by atoms with van der Waals surface area (Å²) < 4.78 is 5.16. The third kappa shape index (κ3) is 5.61. The minimum absolute atomic E-state index is 0.186. The molecule has 5 heteroatoms. The third-order valence-electron chi connectivity index (χ3n) is 4.48. The molecule has 1 amide bonds. The summed E-state index contributed by atoms with van der Waals surface area (Å²) in [7, 11) is 3.62. The third-order valence-corrected chi connectivity index (χ3v) is 4.48.